The molecule has 0 unspecified atom stereocenters. The number of benzene rings is 2. The van der Waals surface area contributed by atoms with Crippen LogP contribution < -0.4 is 10.9 Å². The molecule has 0 radical (unpaired) electrons. The van der Waals surface area contributed by atoms with Gasteiger partial charge in [0, 0.05) is 36.6 Å². The second kappa shape index (κ2) is 9.45. The minimum atomic E-state index is -0.212. The summed E-state index contributed by atoms with van der Waals surface area (Å²) in [5, 5.41) is 7.48. The van der Waals surface area contributed by atoms with Gasteiger partial charge in [-0.05, 0) is 35.9 Å². The SMILES string of the molecule is O=C(CCn1cnc2ccccc2c1=O)Nc1ccccc1Cc1nc(-c2ccncc2)no1. The lowest BCUT2D eigenvalue weighted by Gasteiger charge is -2.11. The summed E-state index contributed by atoms with van der Waals surface area (Å²) in [7, 11) is 0. The van der Waals surface area contributed by atoms with Crippen LogP contribution in [-0.2, 0) is 17.8 Å². The van der Waals surface area contributed by atoms with Crippen LogP contribution in [0.3, 0.4) is 0 Å². The Hall–Kier alpha value is -4.66. The van der Waals surface area contributed by atoms with Gasteiger partial charge in [-0.25, -0.2) is 4.98 Å². The predicted octanol–water partition coefficient (Wildman–Crippen LogP) is 3.46. The molecular weight excluding hydrogens is 432 g/mol. The fraction of sp³-hybridized carbons (Fsp3) is 0.120. The number of nitrogens with zero attached hydrogens (tertiary/aromatic N) is 5. The molecule has 1 amide bonds. The summed E-state index contributed by atoms with van der Waals surface area (Å²) >= 11 is 0. The molecule has 9 nitrogen and oxygen atoms in total. The first-order valence-corrected chi connectivity index (χ1v) is 10.7. The number of aromatic nitrogens is 5. The topological polar surface area (TPSA) is 116 Å². The van der Waals surface area contributed by atoms with Crippen LogP contribution in [0.15, 0.2) is 88.7 Å². The van der Waals surface area contributed by atoms with Gasteiger partial charge in [-0.1, -0.05) is 35.5 Å². The van der Waals surface area contributed by atoms with Crippen molar-refractivity contribution < 1.29 is 9.32 Å². The average molecular weight is 452 g/mol. The van der Waals surface area contributed by atoms with Gasteiger partial charge < -0.3 is 9.84 Å². The number of anilines is 1. The third-order valence-corrected chi connectivity index (χ3v) is 5.35. The molecule has 3 heterocycles. The third-order valence-electron chi connectivity index (χ3n) is 5.35. The molecule has 0 atom stereocenters. The molecule has 2 aromatic carbocycles. The van der Waals surface area contributed by atoms with E-state index >= 15 is 0 Å². The number of hydrogen-bond acceptors (Lipinski definition) is 7. The zero-order valence-corrected chi connectivity index (χ0v) is 18.1. The molecule has 168 valence electrons. The molecule has 0 fully saturated rings. The van der Waals surface area contributed by atoms with Crippen LogP contribution in [0, 0.1) is 0 Å². The fourth-order valence-electron chi connectivity index (χ4n) is 3.60. The number of para-hydroxylation sites is 2. The lowest BCUT2D eigenvalue weighted by Crippen LogP contribution is -2.23. The summed E-state index contributed by atoms with van der Waals surface area (Å²) < 4.78 is 6.85. The van der Waals surface area contributed by atoms with Crippen LogP contribution in [0.5, 0.6) is 0 Å². The van der Waals surface area contributed by atoms with Gasteiger partial charge in [-0.3, -0.25) is 19.1 Å². The van der Waals surface area contributed by atoms with E-state index in [1.165, 1.54) is 10.9 Å². The molecule has 3 aromatic heterocycles. The van der Waals surface area contributed by atoms with E-state index < -0.39 is 0 Å². The Kier molecular flexibility index (Phi) is 5.89. The molecule has 0 bridgehead atoms. The molecule has 0 saturated heterocycles. The third kappa shape index (κ3) is 4.58. The molecule has 0 saturated carbocycles. The van der Waals surface area contributed by atoms with E-state index in [-0.39, 0.29) is 24.4 Å². The molecule has 1 N–H and O–H groups in total. The van der Waals surface area contributed by atoms with E-state index in [1.807, 2.05) is 30.3 Å². The second-order valence-corrected chi connectivity index (χ2v) is 7.64. The highest BCUT2D eigenvalue weighted by atomic mass is 16.5. The monoisotopic (exact) mass is 452 g/mol. The summed E-state index contributed by atoms with van der Waals surface area (Å²) in [6, 6.07) is 18.2. The number of hydrogen-bond donors (Lipinski definition) is 1. The lowest BCUT2D eigenvalue weighted by molar-refractivity contribution is -0.116. The number of amides is 1. The summed E-state index contributed by atoms with van der Waals surface area (Å²) in [5.74, 6) is 0.700. The maximum atomic E-state index is 12.7. The summed E-state index contributed by atoms with van der Waals surface area (Å²) in [5.41, 5.74) is 2.77. The molecule has 5 rings (SSSR count). The number of nitrogens with one attached hydrogen (secondary N) is 1. The predicted molar refractivity (Wildman–Crippen MR) is 126 cm³/mol. The number of rotatable bonds is 7. The van der Waals surface area contributed by atoms with Crippen LogP contribution in [0.4, 0.5) is 5.69 Å². The fourth-order valence-corrected chi connectivity index (χ4v) is 3.60. The van der Waals surface area contributed by atoms with Crippen LogP contribution in [0.25, 0.3) is 22.3 Å². The maximum Gasteiger partial charge on any atom is 0.261 e. The van der Waals surface area contributed by atoms with Crippen molar-refractivity contribution in [3.63, 3.8) is 0 Å². The first kappa shape index (κ1) is 21.2. The van der Waals surface area contributed by atoms with Crippen molar-refractivity contribution in [2.24, 2.45) is 0 Å². The van der Waals surface area contributed by atoms with Crippen LogP contribution in [-0.4, -0.2) is 30.6 Å². The first-order chi connectivity index (χ1) is 16.7. The zero-order valence-electron chi connectivity index (χ0n) is 18.1. The Balaban J connectivity index is 1.26. The summed E-state index contributed by atoms with van der Waals surface area (Å²) in [4.78, 5) is 38.0. The second-order valence-electron chi connectivity index (χ2n) is 7.64. The highest BCUT2D eigenvalue weighted by Gasteiger charge is 2.13. The minimum Gasteiger partial charge on any atom is -0.339 e. The van der Waals surface area contributed by atoms with Crippen molar-refractivity contribution in [3.8, 4) is 11.4 Å². The highest BCUT2D eigenvalue weighted by Crippen LogP contribution is 2.21. The van der Waals surface area contributed by atoms with Crippen molar-refractivity contribution in [3.05, 3.63) is 101 Å². The van der Waals surface area contributed by atoms with E-state index in [4.69, 9.17) is 4.52 Å². The Morgan fingerprint density at radius 1 is 1.00 bits per heavy atom. The Bertz CT molecular complexity index is 1510. The standard InChI is InChI=1S/C25H20N6O3/c32-22(11-14-31-16-27-21-8-4-2-6-19(21)25(31)33)28-20-7-3-1-5-18(20)15-23-29-24(30-34-23)17-9-12-26-13-10-17/h1-10,12-13,16H,11,14-15H2,(H,28,32). The van der Waals surface area contributed by atoms with E-state index in [0.29, 0.717) is 34.7 Å². The van der Waals surface area contributed by atoms with Crippen molar-refractivity contribution in [1.29, 1.82) is 0 Å². The molecular formula is C25H20N6O3. The molecule has 5 aromatic rings. The van der Waals surface area contributed by atoms with Crippen molar-refractivity contribution in [2.75, 3.05) is 5.32 Å². The molecule has 0 spiro atoms. The Morgan fingerprint density at radius 2 is 1.79 bits per heavy atom. The largest absolute Gasteiger partial charge is 0.339 e. The molecule has 34 heavy (non-hydrogen) atoms. The van der Waals surface area contributed by atoms with E-state index in [9.17, 15) is 9.59 Å². The van der Waals surface area contributed by atoms with Crippen molar-refractivity contribution in [2.45, 2.75) is 19.4 Å². The molecule has 0 aliphatic carbocycles. The van der Waals surface area contributed by atoms with Crippen LogP contribution in [0.2, 0.25) is 0 Å². The van der Waals surface area contributed by atoms with Crippen LogP contribution in [0.1, 0.15) is 17.9 Å². The van der Waals surface area contributed by atoms with E-state index in [1.54, 1.807) is 42.7 Å². The summed E-state index contributed by atoms with van der Waals surface area (Å²) in [6.45, 7) is 0.226. The smallest absolute Gasteiger partial charge is 0.261 e. The summed E-state index contributed by atoms with van der Waals surface area (Å²) in [6.07, 6.45) is 5.29. The normalized spacial score (nSPS) is 10.9. The van der Waals surface area contributed by atoms with Crippen molar-refractivity contribution >= 4 is 22.5 Å². The number of fused-ring (bicyclic) bond motifs is 1. The number of pyridine rings is 1. The Labute approximate surface area is 194 Å². The lowest BCUT2D eigenvalue weighted by atomic mass is 10.1. The van der Waals surface area contributed by atoms with Crippen LogP contribution >= 0.6 is 0 Å². The molecule has 0 aliphatic rings. The van der Waals surface area contributed by atoms with Crippen molar-refractivity contribution in [1.82, 2.24) is 24.7 Å². The van der Waals surface area contributed by atoms with E-state index in [0.717, 1.165) is 11.1 Å². The van der Waals surface area contributed by atoms with Gasteiger partial charge in [0.05, 0.1) is 23.7 Å². The van der Waals surface area contributed by atoms with Gasteiger partial charge in [0.2, 0.25) is 17.6 Å². The van der Waals surface area contributed by atoms with Gasteiger partial charge in [-0.15, -0.1) is 0 Å². The minimum absolute atomic E-state index is 0.126. The van der Waals surface area contributed by atoms with Gasteiger partial charge in [0.15, 0.2) is 0 Å². The molecule has 0 aliphatic heterocycles. The highest BCUT2D eigenvalue weighted by molar-refractivity contribution is 5.91. The van der Waals surface area contributed by atoms with Gasteiger partial charge in [0.25, 0.3) is 5.56 Å². The van der Waals surface area contributed by atoms with Gasteiger partial charge in [-0.2, -0.15) is 4.98 Å². The quantitative estimate of drug-likeness (QED) is 0.402. The van der Waals surface area contributed by atoms with E-state index in [2.05, 4.69) is 25.4 Å². The first-order valence-electron chi connectivity index (χ1n) is 10.7. The van der Waals surface area contributed by atoms with Gasteiger partial charge >= 0.3 is 0 Å². The molecule has 9 heteroatoms. The van der Waals surface area contributed by atoms with Gasteiger partial charge in [0.1, 0.15) is 0 Å². The zero-order chi connectivity index (χ0) is 23.3. The number of carbonyl (C=O) groups excluding carboxylic acids is 1. The Morgan fingerprint density at radius 3 is 2.68 bits per heavy atom. The number of carbonyl (C=O) groups is 1. The maximum absolute atomic E-state index is 12.7. The number of aryl methyl sites for hydroxylation is 1. The average Bonchev–Trinajstić information content (AvgIpc) is 3.34.